The fourth-order valence-corrected chi connectivity index (χ4v) is 4.16. The van der Waals surface area contributed by atoms with Crippen molar-refractivity contribution < 1.29 is 19.1 Å². The number of nitrogens with one attached hydrogen (secondary N) is 2. The lowest BCUT2D eigenvalue weighted by atomic mass is 9.95. The lowest BCUT2D eigenvalue weighted by Crippen LogP contribution is -2.62. The maximum Gasteiger partial charge on any atom is 0.272 e. The molecule has 0 spiro atoms. The summed E-state index contributed by atoms with van der Waals surface area (Å²) in [5, 5.41) is 10.1. The van der Waals surface area contributed by atoms with Crippen molar-refractivity contribution in [2.24, 2.45) is 0 Å². The van der Waals surface area contributed by atoms with Gasteiger partial charge in [-0.25, -0.2) is 0 Å². The Labute approximate surface area is 199 Å². The zero-order chi connectivity index (χ0) is 24.3. The SMILES string of the molecule is Cc1ccc(CNC(=O)[C@@]2(C)Cn3nc(C(=O)NCCN4CCOCC4)cc3C(=O)N2C)cc1. The number of carbonyl (C=O) groups excluding carboxylic acids is 3. The second-order valence-electron chi connectivity index (χ2n) is 9.09. The number of aryl methyl sites for hydroxylation is 1. The maximum absolute atomic E-state index is 13.1. The Balaban J connectivity index is 1.39. The quantitative estimate of drug-likeness (QED) is 0.610. The van der Waals surface area contributed by atoms with Gasteiger partial charge in [0.25, 0.3) is 11.8 Å². The van der Waals surface area contributed by atoms with Crippen molar-refractivity contribution in [3.63, 3.8) is 0 Å². The van der Waals surface area contributed by atoms with Gasteiger partial charge in [0, 0.05) is 45.8 Å². The molecule has 3 heterocycles. The van der Waals surface area contributed by atoms with E-state index in [1.165, 1.54) is 15.6 Å². The van der Waals surface area contributed by atoms with Gasteiger partial charge in [0.05, 0.1) is 19.8 Å². The zero-order valence-corrected chi connectivity index (χ0v) is 20.0. The van der Waals surface area contributed by atoms with Crippen molar-refractivity contribution in [2.45, 2.75) is 32.5 Å². The first-order valence-electron chi connectivity index (χ1n) is 11.6. The molecule has 1 atom stereocenters. The average Bonchev–Trinajstić information content (AvgIpc) is 3.26. The Morgan fingerprint density at radius 3 is 2.56 bits per heavy atom. The molecule has 3 amide bonds. The number of carbonyl (C=O) groups is 3. The number of aromatic nitrogens is 2. The average molecular weight is 469 g/mol. The summed E-state index contributed by atoms with van der Waals surface area (Å²) in [6, 6.07) is 9.39. The van der Waals surface area contributed by atoms with Crippen molar-refractivity contribution >= 4 is 17.7 Å². The Bertz CT molecular complexity index is 1060. The van der Waals surface area contributed by atoms with Gasteiger partial charge in [-0.05, 0) is 19.4 Å². The van der Waals surface area contributed by atoms with Crippen molar-refractivity contribution in [3.05, 3.63) is 52.8 Å². The van der Waals surface area contributed by atoms with E-state index in [1.807, 2.05) is 31.2 Å². The largest absolute Gasteiger partial charge is 0.379 e. The van der Waals surface area contributed by atoms with Crippen LogP contribution in [0.5, 0.6) is 0 Å². The van der Waals surface area contributed by atoms with Crippen LogP contribution < -0.4 is 10.6 Å². The van der Waals surface area contributed by atoms with E-state index in [0.29, 0.717) is 32.0 Å². The molecule has 182 valence electrons. The molecule has 4 rings (SSSR count). The summed E-state index contributed by atoms with van der Waals surface area (Å²) in [6.07, 6.45) is 0. The smallest absolute Gasteiger partial charge is 0.272 e. The molecule has 0 unspecified atom stereocenters. The third-order valence-corrected chi connectivity index (χ3v) is 6.61. The van der Waals surface area contributed by atoms with E-state index in [9.17, 15) is 14.4 Å². The van der Waals surface area contributed by atoms with Crippen LogP contribution in [0.2, 0.25) is 0 Å². The van der Waals surface area contributed by atoms with E-state index in [4.69, 9.17) is 4.74 Å². The topological polar surface area (TPSA) is 109 Å². The number of morpholine rings is 1. The van der Waals surface area contributed by atoms with Crippen LogP contribution in [-0.2, 0) is 22.6 Å². The molecule has 1 fully saturated rings. The fourth-order valence-electron chi connectivity index (χ4n) is 4.16. The van der Waals surface area contributed by atoms with Crippen molar-refractivity contribution in [1.82, 2.24) is 30.2 Å². The number of fused-ring (bicyclic) bond motifs is 1. The minimum atomic E-state index is -1.13. The highest BCUT2D eigenvalue weighted by atomic mass is 16.5. The molecule has 10 heteroatoms. The van der Waals surface area contributed by atoms with E-state index in [1.54, 1.807) is 14.0 Å². The highest BCUT2D eigenvalue weighted by Crippen LogP contribution is 2.26. The van der Waals surface area contributed by atoms with E-state index in [-0.39, 0.29) is 30.0 Å². The normalized spacial score (nSPS) is 20.7. The molecule has 2 aromatic rings. The zero-order valence-electron chi connectivity index (χ0n) is 20.0. The van der Waals surface area contributed by atoms with Crippen LogP contribution in [0.25, 0.3) is 0 Å². The van der Waals surface area contributed by atoms with Gasteiger partial charge in [-0.2, -0.15) is 5.10 Å². The van der Waals surface area contributed by atoms with Crippen LogP contribution in [0.1, 0.15) is 39.0 Å². The maximum atomic E-state index is 13.1. The molecule has 1 aromatic heterocycles. The third kappa shape index (κ3) is 4.97. The van der Waals surface area contributed by atoms with Gasteiger partial charge in [0.15, 0.2) is 5.69 Å². The number of benzene rings is 1. The van der Waals surface area contributed by atoms with Crippen molar-refractivity contribution in [1.29, 1.82) is 0 Å². The van der Waals surface area contributed by atoms with Crippen LogP contribution in [0.4, 0.5) is 0 Å². The summed E-state index contributed by atoms with van der Waals surface area (Å²) in [5.74, 6) is -0.961. The van der Waals surface area contributed by atoms with Gasteiger partial charge in [-0.3, -0.25) is 24.0 Å². The molecule has 34 heavy (non-hydrogen) atoms. The molecular weight excluding hydrogens is 436 g/mol. The Morgan fingerprint density at radius 2 is 1.85 bits per heavy atom. The van der Waals surface area contributed by atoms with E-state index in [0.717, 1.165) is 30.8 Å². The van der Waals surface area contributed by atoms with E-state index >= 15 is 0 Å². The second kappa shape index (κ2) is 9.94. The van der Waals surface area contributed by atoms with Gasteiger partial charge in [0.1, 0.15) is 11.2 Å². The number of nitrogens with zero attached hydrogens (tertiary/aromatic N) is 4. The minimum Gasteiger partial charge on any atom is -0.379 e. The molecule has 0 radical (unpaired) electrons. The standard InChI is InChI=1S/C24H32N6O4/c1-17-4-6-18(7-5-17)15-26-23(33)24(2)16-30-20(22(32)28(24)3)14-19(27-30)21(31)25-8-9-29-10-12-34-13-11-29/h4-7,14H,8-13,15-16H2,1-3H3,(H,25,31)(H,26,33)/t24-/m1/s1. The Hall–Kier alpha value is -3.24. The summed E-state index contributed by atoms with van der Waals surface area (Å²) in [7, 11) is 1.60. The second-order valence-corrected chi connectivity index (χ2v) is 9.09. The third-order valence-electron chi connectivity index (χ3n) is 6.61. The van der Waals surface area contributed by atoms with Crippen LogP contribution in [0.3, 0.4) is 0 Å². The number of hydrogen-bond acceptors (Lipinski definition) is 6. The van der Waals surface area contributed by atoms with Crippen molar-refractivity contribution in [2.75, 3.05) is 46.4 Å². The molecular formula is C24H32N6O4. The molecule has 1 aromatic carbocycles. The number of rotatable bonds is 7. The lowest BCUT2D eigenvalue weighted by Gasteiger charge is -2.40. The minimum absolute atomic E-state index is 0.158. The van der Waals surface area contributed by atoms with E-state index in [2.05, 4.69) is 20.6 Å². The first kappa shape index (κ1) is 23.9. The highest BCUT2D eigenvalue weighted by Gasteiger charge is 2.46. The van der Waals surface area contributed by atoms with Crippen LogP contribution >= 0.6 is 0 Å². The fraction of sp³-hybridized carbons (Fsp3) is 0.500. The van der Waals surface area contributed by atoms with Gasteiger partial charge in [-0.1, -0.05) is 29.8 Å². The van der Waals surface area contributed by atoms with E-state index < -0.39 is 5.54 Å². The molecule has 0 bridgehead atoms. The molecule has 1 saturated heterocycles. The number of amides is 3. The first-order valence-corrected chi connectivity index (χ1v) is 11.6. The van der Waals surface area contributed by atoms with Crippen LogP contribution in [0.15, 0.2) is 30.3 Å². The molecule has 2 aliphatic rings. The monoisotopic (exact) mass is 468 g/mol. The van der Waals surface area contributed by atoms with Gasteiger partial charge < -0.3 is 20.3 Å². The summed E-state index contributed by atoms with van der Waals surface area (Å²) in [4.78, 5) is 42.4. The lowest BCUT2D eigenvalue weighted by molar-refractivity contribution is -0.132. The van der Waals surface area contributed by atoms with Crippen molar-refractivity contribution in [3.8, 4) is 0 Å². The van der Waals surface area contributed by atoms with Gasteiger partial charge in [-0.15, -0.1) is 0 Å². The summed E-state index contributed by atoms with van der Waals surface area (Å²) in [6.45, 7) is 8.54. The Kier molecular flexibility index (Phi) is 6.99. The number of likely N-dealkylation sites (N-methyl/N-ethyl adjacent to an activating group) is 1. The number of ether oxygens (including phenoxy) is 1. The van der Waals surface area contributed by atoms with Crippen LogP contribution in [0, 0.1) is 6.92 Å². The van der Waals surface area contributed by atoms with Crippen LogP contribution in [-0.4, -0.2) is 89.3 Å². The van der Waals surface area contributed by atoms with Gasteiger partial charge in [0.2, 0.25) is 5.91 Å². The van der Waals surface area contributed by atoms with Gasteiger partial charge >= 0.3 is 0 Å². The number of hydrogen-bond donors (Lipinski definition) is 2. The molecule has 2 aliphatic heterocycles. The predicted octanol–water partition coefficient (Wildman–Crippen LogP) is 0.414. The predicted molar refractivity (Wildman–Crippen MR) is 125 cm³/mol. The summed E-state index contributed by atoms with van der Waals surface area (Å²) < 4.78 is 6.79. The summed E-state index contributed by atoms with van der Waals surface area (Å²) in [5.41, 5.74) is 1.45. The molecule has 0 aliphatic carbocycles. The first-order chi connectivity index (χ1) is 16.3. The Morgan fingerprint density at radius 1 is 1.15 bits per heavy atom. The molecule has 0 saturated carbocycles. The highest BCUT2D eigenvalue weighted by molar-refractivity contribution is 6.01. The summed E-state index contributed by atoms with van der Waals surface area (Å²) >= 11 is 0. The molecule has 2 N–H and O–H groups in total. The molecule has 10 nitrogen and oxygen atoms in total.